The fourth-order valence-corrected chi connectivity index (χ4v) is 2.10. The first-order valence-corrected chi connectivity index (χ1v) is 4.80. The van der Waals surface area contributed by atoms with Crippen LogP contribution in [0.25, 0.3) is 0 Å². The molecule has 0 bridgehead atoms. The average molecular weight is 332 g/mol. The summed E-state index contributed by atoms with van der Waals surface area (Å²) >= 11 is 5.69. The second-order valence-electron chi connectivity index (χ2n) is 2.22. The van der Waals surface area contributed by atoms with Crippen LogP contribution in [-0.2, 0) is 0 Å². The molecule has 0 saturated heterocycles. The number of rotatable bonds is 2. The molecule has 1 heterocycles. The van der Waals surface area contributed by atoms with Gasteiger partial charge in [-0.3, -0.25) is 0 Å². The van der Waals surface area contributed by atoms with Crippen molar-refractivity contribution in [2.24, 2.45) is 0 Å². The summed E-state index contributed by atoms with van der Waals surface area (Å²) < 4.78 is 24.9. The second-order valence-corrected chi connectivity index (χ2v) is 3.89. The highest BCUT2D eigenvalue weighted by Crippen LogP contribution is 2.35. The maximum atomic E-state index is 12.4. The molecule has 76 valence electrons. The van der Waals surface area contributed by atoms with Gasteiger partial charge < -0.3 is 10.1 Å². The van der Waals surface area contributed by atoms with Crippen LogP contribution >= 0.6 is 31.9 Å². The molecule has 0 aliphatic rings. The van der Waals surface area contributed by atoms with E-state index in [9.17, 15) is 18.9 Å². The van der Waals surface area contributed by atoms with Gasteiger partial charge in [0.05, 0.1) is 0 Å². The molecule has 0 unspecified atom stereocenters. The molecule has 1 rings (SSSR count). The summed E-state index contributed by atoms with van der Waals surface area (Å²) in [6, 6.07) is 1.23. The molecule has 1 aromatic rings. The van der Waals surface area contributed by atoms with E-state index in [1.54, 1.807) is 0 Å². The number of pyridine rings is 1. The lowest BCUT2D eigenvalue weighted by atomic mass is 10.3. The third-order valence-corrected chi connectivity index (χ3v) is 2.41. The number of nitro groups is 1. The van der Waals surface area contributed by atoms with Crippen molar-refractivity contribution in [3.05, 3.63) is 30.8 Å². The zero-order valence-corrected chi connectivity index (χ0v) is 9.55. The van der Waals surface area contributed by atoms with Crippen molar-refractivity contribution in [2.45, 2.75) is 6.43 Å². The van der Waals surface area contributed by atoms with E-state index in [2.05, 4.69) is 36.8 Å². The predicted molar refractivity (Wildman–Crippen MR) is 51.2 cm³/mol. The highest BCUT2D eigenvalue weighted by Gasteiger charge is 2.27. The van der Waals surface area contributed by atoms with E-state index in [4.69, 9.17) is 0 Å². The largest absolute Gasteiger partial charge is 0.374 e. The topological polar surface area (TPSA) is 56.0 Å². The van der Waals surface area contributed by atoms with E-state index < -0.39 is 22.7 Å². The maximum absolute atomic E-state index is 12.4. The van der Waals surface area contributed by atoms with Gasteiger partial charge in [-0.15, -0.1) is 0 Å². The minimum atomic E-state index is -2.94. The van der Waals surface area contributed by atoms with Gasteiger partial charge in [0.15, 0.2) is 0 Å². The molecule has 0 atom stereocenters. The van der Waals surface area contributed by atoms with Gasteiger partial charge >= 0.3 is 5.82 Å². The lowest BCUT2D eigenvalue weighted by Crippen LogP contribution is -2.00. The molecule has 0 amide bonds. The number of alkyl halides is 2. The number of nitrogens with zero attached hydrogens (tertiary/aromatic N) is 2. The molecule has 0 radical (unpaired) electrons. The summed E-state index contributed by atoms with van der Waals surface area (Å²) in [6.07, 6.45) is -2.94. The Bertz CT molecular complexity index is 386. The number of hydrogen-bond donors (Lipinski definition) is 0. The molecule has 1 aromatic heterocycles. The number of halogens is 4. The Balaban J connectivity index is 3.44. The van der Waals surface area contributed by atoms with E-state index in [1.165, 1.54) is 6.07 Å². The molecule has 0 N–H and O–H groups in total. The summed E-state index contributed by atoms with van der Waals surface area (Å²) in [4.78, 5) is 12.8. The lowest BCUT2D eigenvalue weighted by molar-refractivity contribution is -0.391. The summed E-state index contributed by atoms with van der Waals surface area (Å²) in [5.41, 5.74) is -0.710. The van der Waals surface area contributed by atoms with Gasteiger partial charge in [-0.2, -0.15) is 0 Å². The van der Waals surface area contributed by atoms with Gasteiger partial charge in [-0.1, -0.05) is 0 Å². The predicted octanol–water partition coefficient (Wildman–Crippen LogP) is 3.45. The molecule has 0 aliphatic carbocycles. The van der Waals surface area contributed by atoms with Gasteiger partial charge in [-0.05, 0) is 25.8 Å². The smallest absolute Gasteiger partial charge is 0.358 e. The maximum Gasteiger partial charge on any atom is 0.374 e. The molecule has 0 spiro atoms. The quantitative estimate of drug-likeness (QED) is 0.474. The van der Waals surface area contributed by atoms with Crippen molar-refractivity contribution in [3.8, 4) is 0 Å². The van der Waals surface area contributed by atoms with Crippen LogP contribution in [0.1, 0.15) is 12.0 Å². The van der Waals surface area contributed by atoms with E-state index >= 15 is 0 Å². The standard InChI is InChI=1S/C6H2Br2F2N2O2/c7-2-1-3(8)11-6(12(13)14)4(2)5(9)10/h1,5H. The van der Waals surface area contributed by atoms with Gasteiger partial charge in [0.1, 0.15) is 5.56 Å². The third kappa shape index (κ3) is 2.24. The van der Waals surface area contributed by atoms with Crippen molar-refractivity contribution in [1.82, 2.24) is 4.98 Å². The van der Waals surface area contributed by atoms with E-state index in [1.807, 2.05) is 0 Å². The highest BCUT2D eigenvalue weighted by molar-refractivity contribution is 9.11. The molecule has 4 nitrogen and oxygen atoms in total. The highest BCUT2D eigenvalue weighted by atomic mass is 79.9. The van der Waals surface area contributed by atoms with Gasteiger partial charge in [0.25, 0.3) is 6.43 Å². The minimum Gasteiger partial charge on any atom is -0.358 e. The van der Waals surface area contributed by atoms with Crippen LogP contribution in [-0.4, -0.2) is 9.91 Å². The van der Waals surface area contributed by atoms with E-state index in [0.29, 0.717) is 0 Å². The van der Waals surface area contributed by atoms with Crippen LogP contribution in [0.4, 0.5) is 14.6 Å². The fourth-order valence-electron chi connectivity index (χ4n) is 0.824. The van der Waals surface area contributed by atoms with E-state index in [0.717, 1.165) is 0 Å². The van der Waals surface area contributed by atoms with Crippen LogP contribution in [0.15, 0.2) is 15.1 Å². The Kier molecular flexibility index (Phi) is 3.48. The molecule has 0 aromatic carbocycles. The Morgan fingerprint density at radius 3 is 2.50 bits per heavy atom. The monoisotopic (exact) mass is 330 g/mol. The normalized spacial score (nSPS) is 10.6. The summed E-state index contributed by atoms with van der Waals surface area (Å²) in [6.45, 7) is 0. The Morgan fingerprint density at radius 2 is 2.07 bits per heavy atom. The third-order valence-electron chi connectivity index (χ3n) is 1.35. The molecule has 8 heteroatoms. The Morgan fingerprint density at radius 1 is 1.50 bits per heavy atom. The molecule has 0 fully saturated rings. The van der Waals surface area contributed by atoms with Crippen LogP contribution < -0.4 is 0 Å². The zero-order valence-electron chi connectivity index (χ0n) is 6.38. The van der Waals surface area contributed by atoms with Crippen molar-refractivity contribution in [2.75, 3.05) is 0 Å². The molecule has 0 saturated carbocycles. The SMILES string of the molecule is O=[N+]([O-])c1nc(Br)cc(Br)c1C(F)F. The van der Waals surface area contributed by atoms with Crippen LogP contribution in [0.5, 0.6) is 0 Å². The molecular formula is C6H2Br2F2N2O2. The van der Waals surface area contributed by atoms with Crippen LogP contribution in [0.2, 0.25) is 0 Å². The fraction of sp³-hybridized carbons (Fsp3) is 0.167. The van der Waals surface area contributed by atoms with Crippen molar-refractivity contribution in [1.29, 1.82) is 0 Å². The molecule has 0 aliphatic heterocycles. The first-order chi connectivity index (χ1) is 6.43. The van der Waals surface area contributed by atoms with Gasteiger partial charge in [0, 0.05) is 26.5 Å². The first kappa shape index (κ1) is 11.4. The first-order valence-electron chi connectivity index (χ1n) is 3.22. The zero-order chi connectivity index (χ0) is 10.9. The number of aromatic nitrogens is 1. The molecular weight excluding hydrogens is 330 g/mol. The lowest BCUT2D eigenvalue weighted by Gasteiger charge is -2.03. The summed E-state index contributed by atoms with van der Waals surface area (Å²) in [7, 11) is 0. The second kappa shape index (κ2) is 4.26. The Hall–Kier alpha value is -0.630. The molecule has 14 heavy (non-hydrogen) atoms. The van der Waals surface area contributed by atoms with Gasteiger partial charge in [0.2, 0.25) is 4.60 Å². The van der Waals surface area contributed by atoms with E-state index in [-0.39, 0.29) is 9.08 Å². The van der Waals surface area contributed by atoms with Crippen LogP contribution in [0.3, 0.4) is 0 Å². The number of hydrogen-bond acceptors (Lipinski definition) is 3. The van der Waals surface area contributed by atoms with Gasteiger partial charge in [-0.25, -0.2) is 8.78 Å². The van der Waals surface area contributed by atoms with Crippen molar-refractivity contribution < 1.29 is 13.7 Å². The summed E-state index contributed by atoms with van der Waals surface area (Å²) in [5.74, 6) is -0.846. The van der Waals surface area contributed by atoms with Crippen molar-refractivity contribution >= 4 is 37.7 Å². The van der Waals surface area contributed by atoms with Crippen molar-refractivity contribution in [3.63, 3.8) is 0 Å². The average Bonchev–Trinajstić information content (AvgIpc) is 2.01. The minimum absolute atomic E-state index is 0.0407. The Labute approximate surface area is 93.7 Å². The summed E-state index contributed by atoms with van der Waals surface area (Å²) in [5, 5.41) is 10.4. The van der Waals surface area contributed by atoms with Crippen LogP contribution in [0, 0.1) is 10.1 Å².